The number of hydrogen-bond donors (Lipinski definition) is 2. The van der Waals surface area contributed by atoms with Crippen molar-refractivity contribution in [1.29, 1.82) is 0 Å². The molecule has 1 amide bonds. The van der Waals surface area contributed by atoms with Gasteiger partial charge in [0.1, 0.15) is 0 Å². The van der Waals surface area contributed by atoms with E-state index in [1.807, 2.05) is 4.90 Å². The molecule has 0 bridgehead atoms. The van der Waals surface area contributed by atoms with Crippen LogP contribution in [-0.2, 0) is 0 Å². The van der Waals surface area contributed by atoms with Gasteiger partial charge in [-0.1, -0.05) is 24.4 Å². The van der Waals surface area contributed by atoms with Crippen molar-refractivity contribution >= 4 is 23.3 Å². The van der Waals surface area contributed by atoms with E-state index in [1.165, 1.54) is 19.0 Å². The van der Waals surface area contributed by atoms with Crippen molar-refractivity contribution in [3.05, 3.63) is 22.8 Å². The van der Waals surface area contributed by atoms with Gasteiger partial charge in [-0.05, 0) is 25.8 Å². The molecule has 0 spiro atoms. The Morgan fingerprint density at radius 3 is 3.00 bits per heavy atom. The Morgan fingerprint density at radius 2 is 2.32 bits per heavy atom. The predicted octanol–water partition coefficient (Wildman–Crippen LogP) is 2.43. The normalized spacial score (nSPS) is 19.9. The minimum atomic E-state index is -0.00706. The second-order valence-corrected chi connectivity index (χ2v) is 5.30. The molecule has 0 radical (unpaired) electrons. The number of hydrazine groups is 1. The second kappa shape index (κ2) is 6.21. The lowest BCUT2D eigenvalue weighted by Crippen LogP contribution is -2.38. The van der Waals surface area contributed by atoms with E-state index in [1.54, 1.807) is 6.07 Å². The first-order chi connectivity index (χ1) is 9.13. The molecule has 2 heterocycles. The maximum Gasteiger partial charge on any atom is 0.255 e. The smallest absolute Gasteiger partial charge is 0.255 e. The summed E-state index contributed by atoms with van der Waals surface area (Å²) in [4.78, 5) is 18.4. The lowest BCUT2D eigenvalue weighted by Gasteiger charge is -2.27. The number of likely N-dealkylation sites (tertiary alicyclic amines) is 1. The summed E-state index contributed by atoms with van der Waals surface area (Å²) in [6, 6.07) is 1.88. The van der Waals surface area contributed by atoms with E-state index in [2.05, 4.69) is 17.3 Å². The second-order valence-electron chi connectivity index (χ2n) is 4.90. The third kappa shape index (κ3) is 3.16. The molecule has 2 rings (SSSR count). The van der Waals surface area contributed by atoms with Crippen LogP contribution in [0.3, 0.4) is 0 Å². The molecule has 1 aliphatic heterocycles. The van der Waals surface area contributed by atoms with E-state index in [0.29, 0.717) is 16.4 Å². The summed E-state index contributed by atoms with van der Waals surface area (Å²) in [7, 11) is 0. The minimum Gasteiger partial charge on any atom is -0.336 e. The number of nitrogen functional groups attached to an aromatic ring is 1. The zero-order valence-corrected chi connectivity index (χ0v) is 11.8. The molecule has 1 saturated heterocycles. The van der Waals surface area contributed by atoms with Crippen molar-refractivity contribution in [1.82, 2.24) is 9.88 Å². The Morgan fingerprint density at radius 1 is 1.53 bits per heavy atom. The predicted molar refractivity (Wildman–Crippen MR) is 76.0 cm³/mol. The molecule has 1 aromatic heterocycles. The van der Waals surface area contributed by atoms with Crippen LogP contribution < -0.4 is 11.3 Å². The van der Waals surface area contributed by atoms with Crippen LogP contribution in [0.25, 0.3) is 0 Å². The third-order valence-corrected chi connectivity index (χ3v) is 3.83. The van der Waals surface area contributed by atoms with Crippen molar-refractivity contribution < 1.29 is 4.79 Å². The highest BCUT2D eigenvalue weighted by Gasteiger charge is 2.23. The quantitative estimate of drug-likeness (QED) is 0.645. The van der Waals surface area contributed by atoms with Crippen molar-refractivity contribution in [2.75, 3.05) is 12.0 Å². The molecule has 19 heavy (non-hydrogen) atoms. The number of amides is 1. The molecular weight excluding hydrogens is 264 g/mol. The summed E-state index contributed by atoms with van der Waals surface area (Å²) in [5.41, 5.74) is 2.90. The Labute approximate surface area is 118 Å². The summed E-state index contributed by atoms with van der Waals surface area (Å²) >= 11 is 6.01. The minimum absolute atomic E-state index is 0.00706. The molecule has 1 aliphatic rings. The zero-order valence-electron chi connectivity index (χ0n) is 11.0. The number of nitrogens with one attached hydrogen (secondary N) is 1. The van der Waals surface area contributed by atoms with Gasteiger partial charge in [0.05, 0.1) is 10.6 Å². The summed E-state index contributed by atoms with van der Waals surface area (Å²) < 4.78 is 0. The van der Waals surface area contributed by atoms with Gasteiger partial charge in [-0.3, -0.25) is 4.79 Å². The first kappa shape index (κ1) is 14.1. The molecule has 3 N–H and O–H groups in total. The van der Waals surface area contributed by atoms with Gasteiger partial charge >= 0.3 is 0 Å². The summed E-state index contributed by atoms with van der Waals surface area (Å²) in [6.07, 6.45) is 5.99. The Hall–Kier alpha value is -1.33. The molecule has 1 atom stereocenters. The molecule has 0 saturated carbocycles. The summed E-state index contributed by atoms with van der Waals surface area (Å²) in [5, 5.41) is 0.357. The number of pyridine rings is 1. The molecule has 1 unspecified atom stereocenters. The Balaban J connectivity index is 2.20. The van der Waals surface area contributed by atoms with Crippen LogP contribution in [0.5, 0.6) is 0 Å². The van der Waals surface area contributed by atoms with Gasteiger partial charge in [-0.25, -0.2) is 10.8 Å². The highest BCUT2D eigenvalue weighted by atomic mass is 35.5. The van der Waals surface area contributed by atoms with Crippen molar-refractivity contribution in [3.8, 4) is 0 Å². The lowest BCUT2D eigenvalue weighted by atomic mass is 10.1. The van der Waals surface area contributed by atoms with Gasteiger partial charge in [-0.2, -0.15) is 0 Å². The topological polar surface area (TPSA) is 71.2 Å². The monoisotopic (exact) mass is 282 g/mol. The van der Waals surface area contributed by atoms with E-state index in [-0.39, 0.29) is 11.9 Å². The molecular formula is C13H19ClN4O. The average Bonchev–Trinajstić information content (AvgIpc) is 2.62. The maximum atomic E-state index is 12.5. The molecule has 104 valence electrons. The van der Waals surface area contributed by atoms with Crippen molar-refractivity contribution in [3.63, 3.8) is 0 Å². The number of hydrogen-bond acceptors (Lipinski definition) is 4. The van der Waals surface area contributed by atoms with Crippen LogP contribution in [0.15, 0.2) is 12.3 Å². The average molecular weight is 283 g/mol. The van der Waals surface area contributed by atoms with Gasteiger partial charge in [-0.15, -0.1) is 0 Å². The number of anilines is 1. The Kier molecular flexibility index (Phi) is 4.61. The van der Waals surface area contributed by atoms with Gasteiger partial charge in [0.25, 0.3) is 5.91 Å². The molecule has 0 aliphatic carbocycles. The third-order valence-electron chi connectivity index (χ3n) is 3.54. The van der Waals surface area contributed by atoms with E-state index in [0.717, 1.165) is 19.4 Å². The van der Waals surface area contributed by atoms with Crippen LogP contribution in [0.2, 0.25) is 5.02 Å². The zero-order chi connectivity index (χ0) is 13.8. The number of aromatic nitrogens is 1. The van der Waals surface area contributed by atoms with E-state index < -0.39 is 0 Å². The first-order valence-electron chi connectivity index (χ1n) is 6.56. The van der Waals surface area contributed by atoms with E-state index in [9.17, 15) is 4.79 Å². The standard InChI is InChI=1S/C13H19ClN4O/c1-9-5-3-2-4-6-18(9)13(19)10-7-11(14)12(17-15)16-8-10/h7-9H,2-6,15H2,1H3,(H,16,17). The van der Waals surface area contributed by atoms with Crippen LogP contribution in [-0.4, -0.2) is 28.4 Å². The highest BCUT2D eigenvalue weighted by Crippen LogP contribution is 2.22. The molecule has 0 aromatic carbocycles. The number of carbonyl (C=O) groups is 1. The largest absolute Gasteiger partial charge is 0.336 e. The molecule has 1 fully saturated rings. The van der Waals surface area contributed by atoms with E-state index >= 15 is 0 Å². The van der Waals surface area contributed by atoms with Crippen LogP contribution in [0.4, 0.5) is 5.82 Å². The fourth-order valence-electron chi connectivity index (χ4n) is 2.40. The Bertz CT molecular complexity index is 466. The van der Waals surface area contributed by atoms with Gasteiger partial charge < -0.3 is 10.3 Å². The van der Waals surface area contributed by atoms with Gasteiger partial charge in [0, 0.05) is 18.8 Å². The number of nitrogens with two attached hydrogens (primary N) is 1. The van der Waals surface area contributed by atoms with Crippen molar-refractivity contribution in [2.24, 2.45) is 5.84 Å². The molecule has 1 aromatic rings. The summed E-state index contributed by atoms with van der Waals surface area (Å²) in [6.45, 7) is 2.89. The fraction of sp³-hybridized carbons (Fsp3) is 0.538. The summed E-state index contributed by atoms with van der Waals surface area (Å²) in [5.74, 6) is 5.64. The number of halogens is 1. The maximum absolute atomic E-state index is 12.5. The molecule has 5 nitrogen and oxygen atoms in total. The van der Waals surface area contributed by atoms with Crippen LogP contribution in [0.1, 0.15) is 43.0 Å². The van der Waals surface area contributed by atoms with E-state index in [4.69, 9.17) is 17.4 Å². The molecule has 6 heteroatoms. The van der Waals surface area contributed by atoms with Crippen molar-refractivity contribution in [2.45, 2.75) is 38.6 Å². The SMILES string of the molecule is CC1CCCCCN1C(=O)c1cnc(NN)c(Cl)c1. The number of nitrogens with zero attached hydrogens (tertiary/aromatic N) is 2. The van der Waals surface area contributed by atoms with Crippen LogP contribution in [0, 0.1) is 0 Å². The first-order valence-corrected chi connectivity index (χ1v) is 6.94. The number of carbonyl (C=O) groups excluding carboxylic acids is 1. The fourth-order valence-corrected chi connectivity index (χ4v) is 2.62. The lowest BCUT2D eigenvalue weighted by molar-refractivity contribution is 0.0697. The number of rotatable bonds is 2. The highest BCUT2D eigenvalue weighted by molar-refractivity contribution is 6.33. The van der Waals surface area contributed by atoms with Crippen LogP contribution >= 0.6 is 11.6 Å². The van der Waals surface area contributed by atoms with Gasteiger partial charge in [0.2, 0.25) is 0 Å². The van der Waals surface area contributed by atoms with Gasteiger partial charge in [0.15, 0.2) is 5.82 Å².